The predicted molar refractivity (Wildman–Crippen MR) is 91.7 cm³/mol. The summed E-state index contributed by atoms with van der Waals surface area (Å²) in [6.45, 7) is 2.10. The van der Waals surface area contributed by atoms with Crippen LogP contribution in [0.3, 0.4) is 0 Å². The molecule has 128 valence electrons. The Labute approximate surface area is 145 Å². The molecule has 0 amide bonds. The molecule has 0 aliphatic carbocycles. The molecular weight excluding hydrogens is 340 g/mol. The minimum Gasteiger partial charge on any atom is -0.355 e. The smallest absolute Gasteiger partial charge is 0.355 e. The van der Waals surface area contributed by atoms with E-state index in [4.69, 9.17) is 8.47 Å². The van der Waals surface area contributed by atoms with Crippen LogP contribution < -0.4 is 0 Å². The van der Waals surface area contributed by atoms with Gasteiger partial charge in [-0.2, -0.15) is 12.7 Å². The number of fused-ring (bicyclic) bond motifs is 5. The molecule has 2 aliphatic rings. The second-order valence-electron chi connectivity index (χ2n) is 6.53. The van der Waals surface area contributed by atoms with Crippen LogP contribution in [0.1, 0.15) is 29.7 Å². The molecule has 3 aromatic rings. The summed E-state index contributed by atoms with van der Waals surface area (Å²) in [6.07, 6.45) is 0. The second kappa shape index (κ2) is 4.92. The van der Waals surface area contributed by atoms with Gasteiger partial charge in [0.1, 0.15) is 0 Å². The van der Waals surface area contributed by atoms with Crippen LogP contribution in [0.15, 0.2) is 54.6 Å². The first kappa shape index (κ1) is 15.1. The lowest BCUT2D eigenvalue weighted by atomic mass is 9.83. The number of rotatable bonds is 1. The van der Waals surface area contributed by atoms with Crippen molar-refractivity contribution in [2.75, 3.05) is 6.54 Å². The first-order valence-corrected chi connectivity index (χ1v) is 9.40. The van der Waals surface area contributed by atoms with E-state index in [-0.39, 0.29) is 5.92 Å². The third-order valence-corrected chi connectivity index (χ3v) is 5.92. The zero-order valence-corrected chi connectivity index (χ0v) is 14.3. The first-order valence-electron chi connectivity index (χ1n) is 8.07. The van der Waals surface area contributed by atoms with Crippen molar-refractivity contribution in [2.24, 2.45) is 0 Å². The molecule has 0 radical (unpaired) electrons. The number of H-pyrrole nitrogens is 1. The number of benzene rings is 2. The van der Waals surface area contributed by atoms with Gasteiger partial charge in [-0.3, -0.25) is 0 Å². The van der Waals surface area contributed by atoms with E-state index < -0.39 is 16.1 Å². The summed E-state index contributed by atoms with van der Waals surface area (Å²) in [5.41, 5.74) is 2.63. The minimum absolute atomic E-state index is 0.0303. The van der Waals surface area contributed by atoms with Crippen LogP contribution in [-0.2, 0) is 24.6 Å². The lowest BCUT2D eigenvalue weighted by molar-refractivity contribution is -0.174. The fraction of sp³-hybridized carbons (Fsp3) is 0.222. The highest BCUT2D eigenvalue weighted by molar-refractivity contribution is 7.82. The summed E-state index contributed by atoms with van der Waals surface area (Å²) in [6, 6.07) is 18.0. The van der Waals surface area contributed by atoms with Gasteiger partial charge in [0.05, 0.1) is 5.69 Å². The Balaban J connectivity index is 1.81. The van der Waals surface area contributed by atoms with Gasteiger partial charge < -0.3 is 4.98 Å². The molecule has 2 aliphatic heterocycles. The van der Waals surface area contributed by atoms with E-state index >= 15 is 0 Å². The normalized spacial score (nSPS) is 28.0. The number of hydroxylamine groups is 2. The van der Waals surface area contributed by atoms with Crippen LogP contribution in [0.25, 0.3) is 10.9 Å². The topological polar surface area (TPSA) is 71.6 Å². The number of nitrogens with zero attached hydrogens (tertiary/aromatic N) is 1. The Morgan fingerprint density at radius 3 is 2.64 bits per heavy atom. The van der Waals surface area contributed by atoms with Gasteiger partial charge in [-0.05, 0) is 24.1 Å². The lowest BCUT2D eigenvalue weighted by Gasteiger charge is -2.37. The van der Waals surface area contributed by atoms with Gasteiger partial charge in [0, 0.05) is 23.4 Å². The molecule has 0 spiro atoms. The van der Waals surface area contributed by atoms with E-state index in [1.807, 2.05) is 54.6 Å². The molecule has 6 nitrogen and oxygen atoms in total. The average Bonchev–Trinajstić information content (AvgIpc) is 3.09. The van der Waals surface area contributed by atoms with E-state index in [1.54, 1.807) is 6.92 Å². The fourth-order valence-corrected chi connectivity index (χ4v) is 4.93. The number of hydrogen-bond acceptors (Lipinski definition) is 5. The van der Waals surface area contributed by atoms with Crippen LogP contribution >= 0.6 is 0 Å². The third-order valence-electron chi connectivity index (χ3n) is 5.03. The Hall–Kier alpha value is -2.19. The maximum absolute atomic E-state index is 12.0. The molecule has 5 rings (SSSR count). The molecule has 1 N–H and O–H groups in total. The van der Waals surface area contributed by atoms with E-state index in [9.17, 15) is 8.42 Å². The number of nitrogens with one attached hydrogen (secondary N) is 1. The molecule has 3 heterocycles. The number of para-hydroxylation sites is 1. The molecule has 7 heteroatoms. The summed E-state index contributed by atoms with van der Waals surface area (Å²) < 4.78 is 34.4. The van der Waals surface area contributed by atoms with E-state index in [2.05, 4.69) is 4.98 Å². The second-order valence-corrected chi connectivity index (χ2v) is 7.66. The van der Waals surface area contributed by atoms with Crippen LogP contribution in [0.4, 0.5) is 0 Å². The predicted octanol–water partition coefficient (Wildman–Crippen LogP) is 2.99. The Morgan fingerprint density at radius 1 is 1.12 bits per heavy atom. The van der Waals surface area contributed by atoms with Crippen molar-refractivity contribution in [3.8, 4) is 0 Å². The SMILES string of the molecule is CC12OS(=O)(=O)ON1CC(c1ccccc1)c1c2[nH]c2ccccc12. The quantitative estimate of drug-likeness (QED) is 0.726. The van der Waals surface area contributed by atoms with Crippen molar-refractivity contribution in [1.82, 2.24) is 10.0 Å². The summed E-state index contributed by atoms with van der Waals surface area (Å²) in [5, 5.41) is 2.48. The van der Waals surface area contributed by atoms with Gasteiger partial charge in [-0.15, -0.1) is 5.06 Å². The summed E-state index contributed by atoms with van der Waals surface area (Å²) in [5.74, 6) is -0.0303. The zero-order valence-electron chi connectivity index (χ0n) is 13.5. The van der Waals surface area contributed by atoms with Crippen molar-refractivity contribution in [3.05, 3.63) is 71.4 Å². The highest BCUT2D eigenvalue weighted by Gasteiger charge is 2.56. The molecule has 25 heavy (non-hydrogen) atoms. The van der Waals surface area contributed by atoms with Crippen molar-refractivity contribution in [1.29, 1.82) is 0 Å². The van der Waals surface area contributed by atoms with Gasteiger partial charge in [0.15, 0.2) is 0 Å². The van der Waals surface area contributed by atoms with Crippen LogP contribution in [0, 0.1) is 0 Å². The largest absolute Gasteiger partial charge is 0.418 e. The molecular formula is C18H16N2O4S. The zero-order chi connectivity index (χ0) is 17.2. The average molecular weight is 356 g/mol. The molecule has 0 saturated carbocycles. The van der Waals surface area contributed by atoms with Crippen molar-refractivity contribution in [3.63, 3.8) is 0 Å². The van der Waals surface area contributed by atoms with E-state index in [0.29, 0.717) is 6.54 Å². The first-order chi connectivity index (χ1) is 12.0. The number of hydrogen-bond donors (Lipinski definition) is 1. The summed E-state index contributed by atoms with van der Waals surface area (Å²) in [4.78, 5) is 3.35. The molecule has 2 aromatic carbocycles. The van der Waals surface area contributed by atoms with Crippen LogP contribution in [-0.4, -0.2) is 25.0 Å². The molecule has 2 atom stereocenters. The summed E-state index contributed by atoms with van der Waals surface area (Å²) >= 11 is 0. The minimum atomic E-state index is -4.07. The van der Waals surface area contributed by atoms with Crippen molar-refractivity contribution >= 4 is 21.3 Å². The molecule has 0 bridgehead atoms. The highest BCUT2D eigenvalue weighted by Crippen LogP contribution is 2.50. The van der Waals surface area contributed by atoms with Gasteiger partial charge in [0.25, 0.3) is 0 Å². The van der Waals surface area contributed by atoms with E-state index in [1.165, 1.54) is 5.06 Å². The fourth-order valence-electron chi connectivity index (χ4n) is 3.91. The number of aromatic amines is 1. The highest BCUT2D eigenvalue weighted by atomic mass is 32.3. The maximum Gasteiger partial charge on any atom is 0.418 e. The van der Waals surface area contributed by atoms with Crippen molar-refractivity contribution in [2.45, 2.75) is 18.6 Å². The molecule has 1 fully saturated rings. The molecule has 1 aromatic heterocycles. The summed E-state index contributed by atoms with van der Waals surface area (Å²) in [7, 11) is -4.07. The maximum atomic E-state index is 12.0. The van der Waals surface area contributed by atoms with Crippen molar-refractivity contribution < 1.29 is 16.9 Å². The van der Waals surface area contributed by atoms with Gasteiger partial charge in [-0.25, -0.2) is 4.18 Å². The molecule has 2 unspecified atom stereocenters. The standard InChI is InChI=1S/C18H16N2O4S/c1-18-17-16(13-9-5-6-10-15(13)19-17)14(12-7-3-2-4-8-12)11-20(18)24-25(21,22)23-18/h2-10,14,19H,11H2,1H3. The Bertz CT molecular complexity index is 1080. The number of aromatic nitrogens is 1. The van der Waals surface area contributed by atoms with Gasteiger partial charge in [0.2, 0.25) is 5.72 Å². The van der Waals surface area contributed by atoms with E-state index in [0.717, 1.165) is 27.7 Å². The van der Waals surface area contributed by atoms with Crippen LogP contribution in [0.5, 0.6) is 0 Å². The Morgan fingerprint density at radius 2 is 1.84 bits per heavy atom. The lowest BCUT2D eigenvalue weighted by Crippen LogP contribution is -2.46. The van der Waals surface area contributed by atoms with Gasteiger partial charge in [-0.1, -0.05) is 48.5 Å². The van der Waals surface area contributed by atoms with Gasteiger partial charge >= 0.3 is 10.4 Å². The Kier molecular flexibility index (Phi) is 2.97. The monoisotopic (exact) mass is 356 g/mol. The third kappa shape index (κ3) is 2.10. The van der Waals surface area contributed by atoms with Crippen LogP contribution in [0.2, 0.25) is 0 Å². The molecule has 1 saturated heterocycles.